The number of hydrogen-bond acceptors (Lipinski definition) is 5. The van der Waals surface area contributed by atoms with E-state index < -0.39 is 0 Å². The van der Waals surface area contributed by atoms with Crippen LogP contribution in [0.25, 0.3) is 0 Å². The van der Waals surface area contributed by atoms with Crippen molar-refractivity contribution in [3.63, 3.8) is 0 Å². The maximum Gasteiger partial charge on any atom is 0.262 e. The molecule has 0 bridgehead atoms. The van der Waals surface area contributed by atoms with Crippen LogP contribution < -0.4 is 15.4 Å². The number of aromatic nitrogens is 1. The summed E-state index contributed by atoms with van der Waals surface area (Å²) in [6, 6.07) is 5.80. The molecule has 0 aliphatic carbocycles. The molecule has 1 aliphatic heterocycles. The fraction of sp³-hybridized carbons (Fsp3) is 0.231. The second-order valence-corrected chi connectivity index (χ2v) is 4.97. The molecule has 0 spiro atoms. The Balaban J connectivity index is 1.62. The molecule has 3 rings (SSSR count). The van der Waals surface area contributed by atoms with Gasteiger partial charge in [-0.25, -0.2) is 4.98 Å². The second kappa shape index (κ2) is 5.38. The van der Waals surface area contributed by atoms with Gasteiger partial charge in [0.15, 0.2) is 6.61 Å². The number of fused-ring (bicyclic) bond motifs is 1. The summed E-state index contributed by atoms with van der Waals surface area (Å²) in [5.74, 6) is 0.614. The van der Waals surface area contributed by atoms with E-state index in [4.69, 9.17) is 4.74 Å². The number of ether oxygens (including phenoxy) is 1. The van der Waals surface area contributed by atoms with Gasteiger partial charge in [-0.15, -0.1) is 11.3 Å². The van der Waals surface area contributed by atoms with Crippen LogP contribution in [0.4, 0.5) is 5.69 Å². The van der Waals surface area contributed by atoms with Crippen LogP contribution in [0.15, 0.2) is 29.1 Å². The summed E-state index contributed by atoms with van der Waals surface area (Å²) in [6.07, 6.45) is 0. The number of nitrogens with zero attached hydrogens (tertiary/aromatic N) is 1. The number of hydrogen-bond donors (Lipinski definition) is 2. The fourth-order valence-corrected chi connectivity index (χ4v) is 2.46. The third-order valence-electron chi connectivity index (χ3n) is 2.80. The van der Waals surface area contributed by atoms with Crippen LogP contribution in [0.2, 0.25) is 0 Å². The predicted octanol–water partition coefficient (Wildman–Crippen LogP) is 1.76. The van der Waals surface area contributed by atoms with E-state index in [-0.39, 0.29) is 12.5 Å². The van der Waals surface area contributed by atoms with Crippen molar-refractivity contribution < 1.29 is 9.53 Å². The molecule has 1 aliphatic rings. The highest BCUT2D eigenvalue weighted by molar-refractivity contribution is 7.07. The molecule has 1 aromatic carbocycles. The Kier molecular flexibility index (Phi) is 3.43. The van der Waals surface area contributed by atoms with Crippen molar-refractivity contribution in [2.45, 2.75) is 13.1 Å². The SMILES string of the molecule is O=C1COc2ccc(CNCc3cscn3)cc2N1. The summed E-state index contributed by atoms with van der Waals surface area (Å²) in [5, 5.41) is 8.14. The van der Waals surface area contributed by atoms with Crippen molar-refractivity contribution in [1.29, 1.82) is 0 Å². The molecule has 0 unspecified atom stereocenters. The minimum Gasteiger partial charge on any atom is -0.482 e. The van der Waals surface area contributed by atoms with Gasteiger partial charge >= 0.3 is 0 Å². The van der Waals surface area contributed by atoms with Crippen molar-refractivity contribution in [2.24, 2.45) is 0 Å². The van der Waals surface area contributed by atoms with Crippen molar-refractivity contribution >= 4 is 22.9 Å². The van der Waals surface area contributed by atoms with Gasteiger partial charge in [0.2, 0.25) is 0 Å². The summed E-state index contributed by atoms with van der Waals surface area (Å²) in [5.41, 5.74) is 4.70. The van der Waals surface area contributed by atoms with Gasteiger partial charge < -0.3 is 15.4 Å². The zero-order chi connectivity index (χ0) is 13.1. The number of carbonyl (C=O) groups is 1. The van der Waals surface area contributed by atoms with Crippen molar-refractivity contribution in [2.75, 3.05) is 11.9 Å². The smallest absolute Gasteiger partial charge is 0.262 e. The van der Waals surface area contributed by atoms with Crippen LogP contribution >= 0.6 is 11.3 Å². The normalized spacial score (nSPS) is 13.6. The lowest BCUT2D eigenvalue weighted by molar-refractivity contribution is -0.118. The average molecular weight is 275 g/mol. The molecule has 1 aromatic heterocycles. The van der Waals surface area contributed by atoms with Crippen LogP contribution in [-0.2, 0) is 17.9 Å². The van der Waals surface area contributed by atoms with Gasteiger partial charge in [-0.05, 0) is 17.7 Å². The Morgan fingerprint density at radius 3 is 3.21 bits per heavy atom. The van der Waals surface area contributed by atoms with E-state index in [0.29, 0.717) is 0 Å². The first-order valence-electron chi connectivity index (χ1n) is 5.94. The predicted molar refractivity (Wildman–Crippen MR) is 73.2 cm³/mol. The molecule has 6 heteroatoms. The van der Waals surface area contributed by atoms with E-state index in [2.05, 4.69) is 15.6 Å². The standard InChI is InChI=1S/C13H13N3O2S/c17-13-6-18-12-2-1-9(3-11(12)16-13)4-14-5-10-7-19-8-15-10/h1-3,7-8,14H,4-6H2,(H,16,17). The average Bonchev–Trinajstić information content (AvgIpc) is 2.91. The Morgan fingerprint density at radius 1 is 1.42 bits per heavy atom. The van der Waals surface area contributed by atoms with Crippen molar-refractivity contribution in [3.8, 4) is 5.75 Å². The molecule has 2 aromatic rings. The zero-order valence-electron chi connectivity index (χ0n) is 10.2. The monoisotopic (exact) mass is 275 g/mol. The number of benzene rings is 1. The third-order valence-corrected chi connectivity index (χ3v) is 3.43. The van der Waals surface area contributed by atoms with Gasteiger partial charge in [0.1, 0.15) is 5.75 Å². The highest BCUT2D eigenvalue weighted by Crippen LogP contribution is 2.28. The maximum atomic E-state index is 11.2. The zero-order valence-corrected chi connectivity index (χ0v) is 11.0. The van der Waals surface area contributed by atoms with E-state index in [0.717, 1.165) is 35.8 Å². The number of nitrogens with one attached hydrogen (secondary N) is 2. The number of anilines is 1. The number of thiazole rings is 1. The first kappa shape index (κ1) is 12.1. The van der Waals surface area contributed by atoms with E-state index >= 15 is 0 Å². The van der Waals surface area contributed by atoms with E-state index in [1.165, 1.54) is 0 Å². The number of rotatable bonds is 4. The minimum atomic E-state index is -0.111. The lowest BCUT2D eigenvalue weighted by atomic mass is 10.1. The van der Waals surface area contributed by atoms with Gasteiger partial charge in [0.05, 0.1) is 16.9 Å². The van der Waals surface area contributed by atoms with Gasteiger partial charge in [-0.2, -0.15) is 0 Å². The first-order chi connectivity index (χ1) is 9.31. The summed E-state index contributed by atoms with van der Waals surface area (Å²) in [6.45, 7) is 1.55. The van der Waals surface area contributed by atoms with Crippen LogP contribution in [0.1, 0.15) is 11.3 Å². The highest BCUT2D eigenvalue weighted by atomic mass is 32.1. The van der Waals surface area contributed by atoms with Gasteiger partial charge in [-0.3, -0.25) is 4.79 Å². The molecule has 0 saturated heterocycles. The second-order valence-electron chi connectivity index (χ2n) is 4.25. The van der Waals surface area contributed by atoms with Crippen LogP contribution in [0.5, 0.6) is 5.75 Å². The molecule has 19 heavy (non-hydrogen) atoms. The van der Waals surface area contributed by atoms with E-state index in [1.54, 1.807) is 11.3 Å². The van der Waals surface area contributed by atoms with Crippen LogP contribution in [-0.4, -0.2) is 17.5 Å². The molecule has 0 radical (unpaired) electrons. The highest BCUT2D eigenvalue weighted by Gasteiger charge is 2.15. The summed E-state index contributed by atoms with van der Waals surface area (Å²) < 4.78 is 5.31. The van der Waals surface area contributed by atoms with Crippen molar-refractivity contribution in [1.82, 2.24) is 10.3 Å². The topological polar surface area (TPSA) is 63.2 Å². The maximum absolute atomic E-state index is 11.2. The van der Waals surface area contributed by atoms with Gasteiger partial charge in [0, 0.05) is 18.5 Å². The lowest BCUT2D eigenvalue weighted by Crippen LogP contribution is -2.25. The molecule has 0 saturated carbocycles. The molecule has 0 atom stereocenters. The summed E-state index contributed by atoms with van der Waals surface area (Å²) in [7, 11) is 0. The number of carbonyl (C=O) groups excluding carboxylic acids is 1. The number of amides is 1. The lowest BCUT2D eigenvalue weighted by Gasteiger charge is -2.18. The molecular formula is C13H13N3O2S. The third kappa shape index (κ3) is 2.91. The Morgan fingerprint density at radius 2 is 2.37 bits per heavy atom. The largest absolute Gasteiger partial charge is 0.482 e. The van der Waals surface area contributed by atoms with Gasteiger partial charge in [0.25, 0.3) is 5.91 Å². The molecule has 1 amide bonds. The molecule has 2 heterocycles. The first-order valence-corrected chi connectivity index (χ1v) is 6.89. The summed E-state index contributed by atoms with van der Waals surface area (Å²) >= 11 is 1.59. The quantitative estimate of drug-likeness (QED) is 0.892. The molecule has 5 nitrogen and oxygen atoms in total. The molecule has 98 valence electrons. The fourth-order valence-electron chi connectivity index (χ4n) is 1.90. The minimum absolute atomic E-state index is 0.0917. The Labute approximate surface area is 114 Å². The molecule has 0 fully saturated rings. The van der Waals surface area contributed by atoms with E-state index in [1.807, 2.05) is 29.1 Å². The van der Waals surface area contributed by atoms with E-state index in [9.17, 15) is 4.79 Å². The van der Waals surface area contributed by atoms with Gasteiger partial charge in [-0.1, -0.05) is 6.07 Å². The van der Waals surface area contributed by atoms with Crippen LogP contribution in [0.3, 0.4) is 0 Å². The Bertz CT molecular complexity index is 584. The van der Waals surface area contributed by atoms with Crippen LogP contribution in [0, 0.1) is 0 Å². The Hall–Kier alpha value is -1.92. The molecular weight excluding hydrogens is 262 g/mol. The molecule has 2 N–H and O–H groups in total. The summed E-state index contributed by atoms with van der Waals surface area (Å²) in [4.78, 5) is 15.5. The van der Waals surface area contributed by atoms with Crippen molar-refractivity contribution in [3.05, 3.63) is 40.3 Å².